The summed E-state index contributed by atoms with van der Waals surface area (Å²) in [6, 6.07) is 15.4. The number of ether oxygens (including phenoxy) is 5. The van der Waals surface area contributed by atoms with Crippen molar-refractivity contribution < 1.29 is 23.7 Å². The van der Waals surface area contributed by atoms with E-state index in [-0.39, 0.29) is 0 Å². The van der Waals surface area contributed by atoms with E-state index in [2.05, 4.69) is 10.3 Å². The maximum Gasteiger partial charge on any atom is 0.230 e. The van der Waals surface area contributed by atoms with Crippen LogP contribution < -0.4 is 29.0 Å². The molecule has 8 heteroatoms. The lowest BCUT2D eigenvalue weighted by Crippen LogP contribution is -2.25. The molecule has 1 aromatic heterocycles. The molecule has 2 heterocycles. The lowest BCUT2D eigenvalue weighted by Gasteiger charge is -2.18. The number of hydrogen-bond donors (Lipinski definition) is 1. The largest absolute Gasteiger partial charge is 0.493 e. The van der Waals surface area contributed by atoms with Crippen LogP contribution in [0.5, 0.6) is 34.6 Å². The summed E-state index contributed by atoms with van der Waals surface area (Å²) < 4.78 is 28.7. The summed E-state index contributed by atoms with van der Waals surface area (Å²) in [5.74, 6) is 4.26. The average Bonchev–Trinajstić information content (AvgIpc) is 2.92. The van der Waals surface area contributed by atoms with Gasteiger partial charge in [-0.15, -0.1) is 0 Å². The van der Waals surface area contributed by atoms with Gasteiger partial charge >= 0.3 is 0 Å². The molecule has 36 heavy (non-hydrogen) atoms. The second kappa shape index (κ2) is 12.7. The second-order valence-electron chi connectivity index (χ2n) is 8.29. The van der Waals surface area contributed by atoms with Crippen molar-refractivity contribution in [3.05, 3.63) is 65.9 Å². The molecule has 0 radical (unpaired) electrons. The van der Waals surface area contributed by atoms with Crippen molar-refractivity contribution in [3.8, 4) is 34.6 Å². The molecule has 0 saturated carbocycles. The van der Waals surface area contributed by atoms with Crippen LogP contribution in [-0.2, 0) is 6.54 Å². The molecule has 8 nitrogen and oxygen atoms in total. The van der Waals surface area contributed by atoms with Crippen molar-refractivity contribution in [2.45, 2.75) is 32.2 Å². The zero-order valence-corrected chi connectivity index (χ0v) is 21.1. The van der Waals surface area contributed by atoms with E-state index < -0.39 is 0 Å². The summed E-state index contributed by atoms with van der Waals surface area (Å²) in [6.07, 6.45) is 5.86. The third-order valence-corrected chi connectivity index (χ3v) is 5.85. The Bertz CT molecular complexity index is 1160. The molecule has 190 valence electrons. The lowest BCUT2D eigenvalue weighted by molar-refractivity contribution is 0.290. The minimum Gasteiger partial charge on any atom is -0.493 e. The third-order valence-electron chi connectivity index (χ3n) is 5.85. The summed E-state index contributed by atoms with van der Waals surface area (Å²) in [4.78, 5) is 9.43. The van der Waals surface area contributed by atoms with Gasteiger partial charge in [-0.25, -0.2) is 4.98 Å². The topological polar surface area (TPSA) is 83.4 Å². The monoisotopic (exact) mass is 491 g/mol. The molecule has 0 amide bonds. The number of hydrogen-bond acceptors (Lipinski definition) is 8. The Morgan fingerprint density at radius 1 is 0.861 bits per heavy atom. The van der Waals surface area contributed by atoms with Gasteiger partial charge in [0.1, 0.15) is 5.84 Å². The molecule has 0 unspecified atom stereocenters. The smallest absolute Gasteiger partial charge is 0.230 e. The fraction of sp³-hybridized carbons (Fsp3) is 0.357. The number of nitrogens with one attached hydrogen (secondary N) is 1. The normalized spacial score (nSPS) is 14.0. The summed E-state index contributed by atoms with van der Waals surface area (Å²) in [5, 5.41) is 3.48. The van der Waals surface area contributed by atoms with Gasteiger partial charge < -0.3 is 29.0 Å². The van der Waals surface area contributed by atoms with E-state index >= 15 is 0 Å². The van der Waals surface area contributed by atoms with E-state index in [0.717, 1.165) is 36.8 Å². The Morgan fingerprint density at radius 2 is 1.61 bits per heavy atom. The molecule has 2 aromatic carbocycles. The number of aliphatic imine (C=N–C) groups is 1. The Kier molecular flexibility index (Phi) is 8.86. The third kappa shape index (κ3) is 6.19. The minimum atomic E-state index is 0.460. The van der Waals surface area contributed by atoms with Gasteiger partial charge in [-0.05, 0) is 61.2 Å². The Hall–Kier alpha value is -3.94. The Balaban J connectivity index is 1.65. The van der Waals surface area contributed by atoms with Crippen LogP contribution in [0.15, 0.2) is 59.7 Å². The van der Waals surface area contributed by atoms with Crippen molar-refractivity contribution in [1.82, 2.24) is 10.3 Å². The number of para-hydroxylation sites is 2. The summed E-state index contributed by atoms with van der Waals surface area (Å²) in [5.41, 5.74) is 1.73. The fourth-order valence-electron chi connectivity index (χ4n) is 4.01. The number of benzene rings is 2. The molecule has 0 atom stereocenters. The Morgan fingerprint density at radius 3 is 2.36 bits per heavy atom. The summed E-state index contributed by atoms with van der Waals surface area (Å²) >= 11 is 0. The first-order valence-corrected chi connectivity index (χ1v) is 12.2. The molecule has 0 aliphatic carbocycles. The first-order chi connectivity index (χ1) is 17.7. The number of amidine groups is 1. The first kappa shape index (κ1) is 25.2. The maximum absolute atomic E-state index is 6.26. The number of methoxy groups -OCH3 is 3. The van der Waals surface area contributed by atoms with Crippen LogP contribution in [-0.4, -0.2) is 45.3 Å². The van der Waals surface area contributed by atoms with E-state index in [1.165, 1.54) is 0 Å². The molecule has 0 saturated heterocycles. The molecule has 0 spiro atoms. The average molecular weight is 492 g/mol. The summed E-state index contributed by atoms with van der Waals surface area (Å²) in [6.45, 7) is 1.84. The summed E-state index contributed by atoms with van der Waals surface area (Å²) in [7, 11) is 4.81. The zero-order chi connectivity index (χ0) is 25.2. The highest BCUT2D eigenvalue weighted by atomic mass is 16.5. The first-order valence-electron chi connectivity index (χ1n) is 12.2. The van der Waals surface area contributed by atoms with E-state index in [0.29, 0.717) is 60.2 Å². The standard InChI is InChI=1S/C28H33N3O5/c1-32-24-17-20(18-25(33-2)26(24)34-3)19-31-27-21-11-10-15-30-28(21)36-23-13-7-6-12-22(23)35-16-9-5-4-8-14-29-27/h6-7,10-13,15,17-18H,4-5,8-9,14,16,19H2,1-3H3,(H,29,31). The molecule has 1 N–H and O–H groups in total. The van der Waals surface area contributed by atoms with Crippen molar-refractivity contribution >= 4 is 5.84 Å². The number of nitrogens with zero attached hydrogens (tertiary/aromatic N) is 2. The van der Waals surface area contributed by atoms with Crippen molar-refractivity contribution in [3.63, 3.8) is 0 Å². The molecule has 4 rings (SSSR count). The molecular weight excluding hydrogens is 458 g/mol. The predicted octanol–water partition coefficient (Wildman–Crippen LogP) is 5.39. The quantitative estimate of drug-likeness (QED) is 0.512. The predicted molar refractivity (Wildman–Crippen MR) is 139 cm³/mol. The molecule has 1 aliphatic heterocycles. The van der Waals surface area contributed by atoms with Crippen molar-refractivity contribution in [2.75, 3.05) is 34.5 Å². The highest BCUT2D eigenvalue weighted by molar-refractivity contribution is 6.00. The molecule has 0 fully saturated rings. The van der Waals surface area contributed by atoms with Gasteiger partial charge in [-0.3, -0.25) is 4.99 Å². The molecular formula is C28H33N3O5. The van der Waals surface area contributed by atoms with Gasteiger partial charge in [-0.2, -0.15) is 0 Å². The van der Waals surface area contributed by atoms with Crippen LogP contribution in [0.4, 0.5) is 0 Å². The molecule has 1 aliphatic rings. The van der Waals surface area contributed by atoms with E-state index in [4.69, 9.17) is 28.7 Å². The van der Waals surface area contributed by atoms with Crippen LogP contribution in [0, 0.1) is 0 Å². The minimum absolute atomic E-state index is 0.460. The number of fused-ring (bicyclic) bond motifs is 2. The van der Waals surface area contributed by atoms with Crippen LogP contribution in [0.25, 0.3) is 0 Å². The van der Waals surface area contributed by atoms with Gasteiger partial charge in [0.15, 0.2) is 23.0 Å². The van der Waals surface area contributed by atoms with Gasteiger partial charge in [0.25, 0.3) is 0 Å². The maximum atomic E-state index is 6.26. The Labute approximate surface area is 212 Å². The van der Waals surface area contributed by atoms with Gasteiger partial charge in [-0.1, -0.05) is 18.6 Å². The van der Waals surface area contributed by atoms with Crippen molar-refractivity contribution in [2.24, 2.45) is 4.99 Å². The van der Waals surface area contributed by atoms with E-state index in [9.17, 15) is 0 Å². The van der Waals surface area contributed by atoms with Crippen LogP contribution >= 0.6 is 0 Å². The fourth-order valence-corrected chi connectivity index (χ4v) is 4.01. The van der Waals surface area contributed by atoms with E-state index in [1.54, 1.807) is 27.5 Å². The van der Waals surface area contributed by atoms with Crippen LogP contribution in [0.3, 0.4) is 0 Å². The highest BCUT2D eigenvalue weighted by Crippen LogP contribution is 2.38. The van der Waals surface area contributed by atoms with Crippen LogP contribution in [0.2, 0.25) is 0 Å². The molecule has 0 bridgehead atoms. The van der Waals surface area contributed by atoms with Crippen LogP contribution in [0.1, 0.15) is 36.8 Å². The van der Waals surface area contributed by atoms with E-state index in [1.807, 2.05) is 48.5 Å². The second-order valence-corrected chi connectivity index (χ2v) is 8.29. The SMILES string of the molecule is COc1cc(CNC2=NCCCCCCOc3ccccc3Oc3ncccc32)cc(OC)c1OC. The van der Waals surface area contributed by atoms with Gasteiger partial charge in [0, 0.05) is 19.3 Å². The highest BCUT2D eigenvalue weighted by Gasteiger charge is 2.17. The van der Waals surface area contributed by atoms with Crippen molar-refractivity contribution in [1.29, 1.82) is 0 Å². The van der Waals surface area contributed by atoms with Gasteiger partial charge in [0.05, 0.1) is 33.5 Å². The number of pyridine rings is 1. The number of aromatic nitrogens is 1. The number of rotatable bonds is 5. The lowest BCUT2D eigenvalue weighted by atomic mass is 10.1. The van der Waals surface area contributed by atoms with Gasteiger partial charge in [0.2, 0.25) is 11.6 Å². The zero-order valence-electron chi connectivity index (χ0n) is 21.1. The molecule has 3 aromatic rings.